The third-order valence-electron chi connectivity index (χ3n) is 6.96. The highest BCUT2D eigenvalue weighted by atomic mass is 16.5. The van der Waals surface area contributed by atoms with Crippen molar-refractivity contribution in [1.82, 2.24) is 0 Å². The summed E-state index contributed by atoms with van der Waals surface area (Å²) in [6.45, 7) is 0. The Bertz CT molecular complexity index is 1330. The quantitative estimate of drug-likeness (QED) is 0.256. The monoisotopic (exact) mass is 481 g/mol. The standard InChI is InChI=1S/C31H31NO4/c1-34-29-19-7-4-8-20(29)14-22-10-6-12-24(31(22)36-3)16-26-18-27(32)17-25(28(26)33)15-23-11-5-9-21(13-19)30(23)35-2/h4-12,17-18,33H,13-16,32H2,1-3H3. The number of fused-ring (bicyclic) bond motifs is 8. The van der Waals surface area contributed by atoms with Crippen LogP contribution in [0.3, 0.4) is 0 Å². The first kappa shape index (κ1) is 23.6. The molecule has 1 aliphatic carbocycles. The molecule has 4 aromatic carbocycles. The lowest BCUT2D eigenvalue weighted by atomic mass is 9.91. The fourth-order valence-electron chi connectivity index (χ4n) is 5.41. The minimum Gasteiger partial charge on any atom is -0.507 e. The number of nitrogens with two attached hydrogens (primary N) is 1. The molecule has 0 atom stereocenters. The first-order chi connectivity index (χ1) is 17.5. The molecular formula is C31H31NO4. The maximum Gasteiger partial charge on any atom is 0.125 e. The van der Waals surface area contributed by atoms with Gasteiger partial charge in [0.2, 0.25) is 0 Å². The number of hydrogen-bond donors (Lipinski definition) is 2. The van der Waals surface area contributed by atoms with Crippen molar-refractivity contribution in [2.45, 2.75) is 25.7 Å². The topological polar surface area (TPSA) is 73.9 Å². The van der Waals surface area contributed by atoms with Gasteiger partial charge in [-0.05, 0) is 45.5 Å². The largest absolute Gasteiger partial charge is 0.507 e. The van der Waals surface area contributed by atoms with Crippen molar-refractivity contribution in [1.29, 1.82) is 0 Å². The van der Waals surface area contributed by atoms with Crippen LogP contribution < -0.4 is 19.9 Å². The summed E-state index contributed by atoms with van der Waals surface area (Å²) in [6.07, 6.45) is 2.29. The van der Waals surface area contributed by atoms with Crippen LogP contribution in [0, 0.1) is 0 Å². The van der Waals surface area contributed by atoms with Crippen LogP contribution in [-0.2, 0) is 25.7 Å². The van der Waals surface area contributed by atoms with Gasteiger partial charge in [0.05, 0.1) is 21.3 Å². The Balaban J connectivity index is 1.76. The highest BCUT2D eigenvalue weighted by molar-refractivity contribution is 5.59. The molecule has 0 fully saturated rings. The predicted molar refractivity (Wildman–Crippen MR) is 143 cm³/mol. The zero-order valence-electron chi connectivity index (χ0n) is 20.9. The molecule has 0 saturated heterocycles. The third-order valence-corrected chi connectivity index (χ3v) is 6.96. The lowest BCUT2D eigenvalue weighted by Crippen LogP contribution is -2.05. The van der Waals surface area contributed by atoms with Crippen LogP contribution in [0.25, 0.3) is 0 Å². The molecule has 5 nitrogen and oxygen atoms in total. The van der Waals surface area contributed by atoms with E-state index in [9.17, 15) is 5.11 Å². The second kappa shape index (κ2) is 9.86. The van der Waals surface area contributed by atoms with Crippen LogP contribution in [0.2, 0.25) is 0 Å². The minimum absolute atomic E-state index is 0.253. The average Bonchev–Trinajstić information content (AvgIpc) is 2.87. The van der Waals surface area contributed by atoms with Gasteiger partial charge >= 0.3 is 0 Å². The molecule has 1 aliphatic rings. The van der Waals surface area contributed by atoms with Crippen LogP contribution in [0.4, 0.5) is 5.69 Å². The molecule has 184 valence electrons. The van der Waals surface area contributed by atoms with Gasteiger partial charge in [-0.2, -0.15) is 0 Å². The Morgan fingerprint density at radius 3 is 1.08 bits per heavy atom. The average molecular weight is 482 g/mol. The summed E-state index contributed by atoms with van der Waals surface area (Å²) in [4.78, 5) is 0. The number of rotatable bonds is 3. The van der Waals surface area contributed by atoms with Crippen LogP contribution in [0.1, 0.15) is 44.5 Å². The Morgan fingerprint density at radius 1 is 0.528 bits per heavy atom. The van der Waals surface area contributed by atoms with Crippen LogP contribution in [0.5, 0.6) is 23.0 Å². The molecule has 3 N–H and O–H groups in total. The summed E-state index contributed by atoms with van der Waals surface area (Å²) in [5.74, 6) is 2.75. The number of phenols is 1. The van der Waals surface area contributed by atoms with Crippen molar-refractivity contribution < 1.29 is 19.3 Å². The lowest BCUT2D eigenvalue weighted by molar-refractivity contribution is 0.398. The normalized spacial score (nSPS) is 12.6. The zero-order chi connectivity index (χ0) is 25.2. The van der Waals surface area contributed by atoms with Gasteiger partial charge in [0, 0.05) is 42.5 Å². The van der Waals surface area contributed by atoms with Gasteiger partial charge in [0.25, 0.3) is 0 Å². The van der Waals surface area contributed by atoms with Gasteiger partial charge in [-0.25, -0.2) is 0 Å². The minimum atomic E-state index is 0.253. The van der Waals surface area contributed by atoms with E-state index in [0.717, 1.165) is 61.8 Å². The second-order valence-corrected chi connectivity index (χ2v) is 9.22. The molecule has 8 bridgehead atoms. The van der Waals surface area contributed by atoms with Gasteiger partial charge in [-0.15, -0.1) is 0 Å². The molecule has 0 aromatic heterocycles. The van der Waals surface area contributed by atoms with Gasteiger partial charge < -0.3 is 25.1 Å². The molecule has 5 heteroatoms. The number of aromatic hydroxyl groups is 1. The summed E-state index contributed by atoms with van der Waals surface area (Å²) in [6, 6.07) is 22.3. The molecule has 0 heterocycles. The second-order valence-electron chi connectivity index (χ2n) is 9.22. The molecule has 0 spiro atoms. The van der Waals surface area contributed by atoms with Crippen LogP contribution in [0.15, 0.2) is 66.7 Å². The summed E-state index contributed by atoms with van der Waals surface area (Å²) < 4.78 is 17.8. The van der Waals surface area contributed by atoms with Crippen molar-refractivity contribution >= 4 is 5.69 Å². The first-order valence-electron chi connectivity index (χ1n) is 12.1. The maximum atomic E-state index is 11.3. The van der Waals surface area contributed by atoms with Gasteiger partial charge in [0.1, 0.15) is 23.0 Å². The lowest BCUT2D eigenvalue weighted by Gasteiger charge is -2.20. The number of para-hydroxylation sites is 3. The van der Waals surface area contributed by atoms with Crippen molar-refractivity contribution in [3.05, 3.63) is 111 Å². The van der Waals surface area contributed by atoms with Crippen molar-refractivity contribution in [2.24, 2.45) is 0 Å². The maximum absolute atomic E-state index is 11.3. The summed E-state index contributed by atoms with van der Waals surface area (Å²) >= 11 is 0. The Kier molecular flexibility index (Phi) is 6.47. The summed E-state index contributed by atoms with van der Waals surface area (Å²) in [7, 11) is 5.11. The Labute approximate surface area is 212 Å². The van der Waals surface area contributed by atoms with E-state index >= 15 is 0 Å². The third kappa shape index (κ3) is 4.33. The van der Waals surface area contributed by atoms with E-state index in [0.29, 0.717) is 31.4 Å². The van der Waals surface area contributed by atoms with Crippen LogP contribution >= 0.6 is 0 Å². The summed E-state index contributed by atoms with van der Waals surface area (Å²) in [5.41, 5.74) is 14.7. The Hall–Kier alpha value is -4.12. The van der Waals surface area contributed by atoms with Crippen molar-refractivity contribution in [2.75, 3.05) is 27.1 Å². The van der Waals surface area contributed by atoms with E-state index in [-0.39, 0.29) is 5.75 Å². The molecular weight excluding hydrogens is 450 g/mol. The SMILES string of the molecule is COc1c2cccc1Cc1cccc(c1OC)Cc1cccc(c1OC)Cc1cc(N)cc(c1O)C2. The zero-order valence-corrected chi connectivity index (χ0v) is 20.9. The van der Waals surface area contributed by atoms with Gasteiger partial charge in [-0.1, -0.05) is 54.6 Å². The number of phenolic OH excluding ortho intramolecular Hbond substituents is 1. The summed E-state index contributed by atoms with van der Waals surface area (Å²) in [5, 5.41) is 11.3. The molecule has 0 radical (unpaired) electrons. The van der Waals surface area contributed by atoms with E-state index in [4.69, 9.17) is 19.9 Å². The molecule has 0 unspecified atom stereocenters. The first-order valence-corrected chi connectivity index (χ1v) is 12.1. The highest BCUT2D eigenvalue weighted by Gasteiger charge is 2.20. The Morgan fingerprint density at radius 2 is 0.806 bits per heavy atom. The van der Waals surface area contributed by atoms with Crippen molar-refractivity contribution in [3.8, 4) is 23.0 Å². The molecule has 5 rings (SSSR count). The highest BCUT2D eigenvalue weighted by Crippen LogP contribution is 2.38. The number of ether oxygens (including phenoxy) is 3. The predicted octanol–water partition coefficient (Wildman–Crippen LogP) is 5.68. The van der Waals surface area contributed by atoms with E-state index in [1.54, 1.807) is 21.3 Å². The fourth-order valence-corrected chi connectivity index (χ4v) is 5.41. The number of benzene rings is 4. The van der Waals surface area contributed by atoms with Crippen molar-refractivity contribution in [3.63, 3.8) is 0 Å². The molecule has 4 aromatic rings. The molecule has 36 heavy (non-hydrogen) atoms. The molecule has 0 saturated carbocycles. The molecule has 0 aliphatic heterocycles. The van der Waals surface area contributed by atoms with E-state index in [1.807, 2.05) is 36.4 Å². The van der Waals surface area contributed by atoms with E-state index in [2.05, 4.69) is 30.3 Å². The number of hydrogen-bond acceptors (Lipinski definition) is 5. The molecule has 0 amide bonds. The van der Waals surface area contributed by atoms with Gasteiger partial charge in [-0.3, -0.25) is 0 Å². The van der Waals surface area contributed by atoms with Gasteiger partial charge in [0.15, 0.2) is 0 Å². The fraction of sp³-hybridized carbons (Fsp3) is 0.226. The number of nitrogen functional groups attached to an aromatic ring is 1. The number of anilines is 1. The number of methoxy groups -OCH3 is 3. The van der Waals surface area contributed by atoms with Crippen LogP contribution in [-0.4, -0.2) is 26.4 Å². The smallest absolute Gasteiger partial charge is 0.125 e. The van der Waals surface area contributed by atoms with E-state index < -0.39 is 0 Å². The van der Waals surface area contributed by atoms with E-state index in [1.165, 1.54) is 0 Å².